The van der Waals surface area contributed by atoms with Crippen LogP contribution in [0.1, 0.15) is 137 Å². The Morgan fingerprint density at radius 2 is 0.734 bits per heavy atom. The van der Waals surface area contributed by atoms with Gasteiger partial charge in [0.05, 0.1) is 50.8 Å². The van der Waals surface area contributed by atoms with E-state index in [2.05, 4.69) is 6.58 Å². The zero-order valence-electron chi connectivity index (χ0n) is 37.4. The smallest absolute Gasteiger partial charge is 0.343 e. The molecule has 14 heteroatoms. The van der Waals surface area contributed by atoms with Crippen LogP contribution in [0.4, 0.5) is 0 Å². The van der Waals surface area contributed by atoms with Crippen molar-refractivity contribution in [3.05, 3.63) is 96.1 Å². The quantitative estimate of drug-likeness (QED) is 0.0186. The summed E-state index contributed by atoms with van der Waals surface area (Å²) >= 11 is 0. The van der Waals surface area contributed by atoms with Crippen molar-refractivity contribution in [3.8, 4) is 23.0 Å². The Morgan fingerprint density at radius 1 is 0.406 bits per heavy atom. The SMILES string of the molecule is C=C(C)C(=O)OCCCCCC(=O)OCCCCCC(=O)OCCCCCC(=O)OCCCCCCOc1ccc(C(=O)Oc2ccc(C(=O)Oc3ccc(OCC)cc3)cc2)cc1. The Morgan fingerprint density at radius 3 is 1.14 bits per heavy atom. The highest BCUT2D eigenvalue weighted by Gasteiger charge is 2.13. The molecule has 0 atom stereocenters. The van der Waals surface area contributed by atoms with Gasteiger partial charge in [-0.3, -0.25) is 14.4 Å². The van der Waals surface area contributed by atoms with Crippen molar-refractivity contribution in [2.75, 3.05) is 39.6 Å². The first kappa shape index (κ1) is 52.2. The maximum absolute atomic E-state index is 12.7. The van der Waals surface area contributed by atoms with Gasteiger partial charge in [0, 0.05) is 24.8 Å². The minimum atomic E-state index is -0.544. The summed E-state index contributed by atoms with van der Waals surface area (Å²) in [6.07, 6.45) is 10.7. The lowest BCUT2D eigenvalue weighted by atomic mass is 10.2. The van der Waals surface area contributed by atoms with Gasteiger partial charge in [0.15, 0.2) is 0 Å². The van der Waals surface area contributed by atoms with E-state index in [1.54, 1.807) is 55.5 Å². The summed E-state index contributed by atoms with van der Waals surface area (Å²) in [5.41, 5.74) is 1.02. The topological polar surface area (TPSA) is 176 Å². The zero-order valence-corrected chi connectivity index (χ0v) is 37.4. The molecular formula is C50H64O14. The van der Waals surface area contributed by atoms with Gasteiger partial charge < -0.3 is 37.9 Å². The number of hydrogen-bond donors (Lipinski definition) is 0. The van der Waals surface area contributed by atoms with Crippen LogP contribution in [-0.2, 0) is 38.1 Å². The van der Waals surface area contributed by atoms with Gasteiger partial charge in [-0.25, -0.2) is 14.4 Å². The molecule has 0 heterocycles. The summed E-state index contributed by atoms with van der Waals surface area (Å²) in [5.74, 6) is -0.234. The third-order valence-corrected chi connectivity index (χ3v) is 9.49. The van der Waals surface area contributed by atoms with Gasteiger partial charge >= 0.3 is 35.8 Å². The number of esters is 6. The lowest BCUT2D eigenvalue weighted by Crippen LogP contribution is -2.10. The number of benzene rings is 3. The maximum Gasteiger partial charge on any atom is 0.343 e. The van der Waals surface area contributed by atoms with E-state index < -0.39 is 17.9 Å². The average Bonchev–Trinajstić information content (AvgIpc) is 3.29. The molecule has 0 saturated heterocycles. The van der Waals surface area contributed by atoms with Crippen LogP contribution < -0.4 is 18.9 Å². The van der Waals surface area contributed by atoms with E-state index in [1.807, 2.05) is 6.92 Å². The Balaban J connectivity index is 1.09. The number of unbranched alkanes of at least 4 members (excludes halogenated alkanes) is 9. The van der Waals surface area contributed by atoms with E-state index in [9.17, 15) is 28.8 Å². The second kappa shape index (κ2) is 31.6. The highest BCUT2D eigenvalue weighted by Crippen LogP contribution is 2.21. The molecule has 0 fully saturated rings. The summed E-state index contributed by atoms with van der Waals surface area (Å²) in [6, 6.07) is 19.5. The maximum atomic E-state index is 12.7. The van der Waals surface area contributed by atoms with Crippen molar-refractivity contribution >= 4 is 35.8 Å². The van der Waals surface area contributed by atoms with E-state index in [-0.39, 0.29) is 23.7 Å². The number of rotatable bonds is 33. The van der Waals surface area contributed by atoms with Crippen LogP contribution in [0.5, 0.6) is 23.0 Å². The molecule has 0 N–H and O–H groups in total. The van der Waals surface area contributed by atoms with Gasteiger partial charge in [-0.05, 0) is 170 Å². The molecule has 0 radical (unpaired) electrons. The fourth-order valence-corrected chi connectivity index (χ4v) is 5.90. The first-order valence-electron chi connectivity index (χ1n) is 22.3. The number of ether oxygens (including phenoxy) is 8. The molecule has 0 spiro atoms. The molecule has 3 rings (SSSR count). The summed E-state index contributed by atoms with van der Waals surface area (Å²) in [7, 11) is 0. The molecule has 0 saturated carbocycles. The Bertz CT molecular complexity index is 1870. The third-order valence-electron chi connectivity index (χ3n) is 9.49. The normalized spacial score (nSPS) is 10.6. The predicted octanol–water partition coefficient (Wildman–Crippen LogP) is 9.89. The summed E-state index contributed by atoms with van der Waals surface area (Å²) < 4.78 is 42.9. The van der Waals surface area contributed by atoms with Gasteiger partial charge in [0.1, 0.15) is 23.0 Å². The van der Waals surface area contributed by atoms with Crippen LogP contribution >= 0.6 is 0 Å². The van der Waals surface area contributed by atoms with E-state index in [0.717, 1.165) is 44.9 Å². The van der Waals surface area contributed by atoms with Crippen molar-refractivity contribution in [1.82, 2.24) is 0 Å². The molecule has 3 aromatic rings. The third kappa shape index (κ3) is 23.3. The average molecular weight is 889 g/mol. The Labute approximate surface area is 376 Å². The molecule has 0 bridgehead atoms. The summed E-state index contributed by atoms with van der Waals surface area (Å²) in [4.78, 5) is 72.4. The largest absolute Gasteiger partial charge is 0.494 e. The zero-order chi connectivity index (χ0) is 46.2. The van der Waals surface area contributed by atoms with Crippen LogP contribution in [0.2, 0.25) is 0 Å². The molecule has 0 aliphatic rings. The van der Waals surface area contributed by atoms with Crippen LogP contribution in [-0.4, -0.2) is 75.5 Å². The van der Waals surface area contributed by atoms with Crippen LogP contribution in [0.3, 0.4) is 0 Å². The molecule has 348 valence electrons. The highest BCUT2D eigenvalue weighted by molar-refractivity contribution is 5.92. The van der Waals surface area contributed by atoms with E-state index in [4.69, 9.17) is 37.9 Å². The second-order valence-electron chi connectivity index (χ2n) is 15.0. The predicted molar refractivity (Wildman–Crippen MR) is 238 cm³/mol. The lowest BCUT2D eigenvalue weighted by Gasteiger charge is -2.09. The Hall–Kier alpha value is -6.18. The number of carbonyl (C=O) groups is 6. The number of carbonyl (C=O) groups excluding carboxylic acids is 6. The summed E-state index contributed by atoms with van der Waals surface area (Å²) in [6.45, 7) is 9.38. The van der Waals surface area contributed by atoms with Crippen LogP contribution in [0, 0.1) is 0 Å². The van der Waals surface area contributed by atoms with Crippen molar-refractivity contribution < 1.29 is 66.7 Å². The van der Waals surface area contributed by atoms with E-state index in [0.29, 0.717) is 131 Å². The molecule has 0 aliphatic heterocycles. The fourth-order valence-electron chi connectivity index (χ4n) is 5.90. The van der Waals surface area contributed by atoms with E-state index in [1.165, 1.54) is 24.3 Å². The van der Waals surface area contributed by atoms with Crippen molar-refractivity contribution in [3.63, 3.8) is 0 Å². The fraction of sp³-hybridized carbons (Fsp3) is 0.480. The molecule has 0 aromatic heterocycles. The standard InChI is InChI=1S/C50H64O14/c1-4-57-41-29-31-44(32-30-41)64-50(56)40-23-27-43(28-24-40)63-49(55)39-21-25-42(26-22-39)58-33-13-5-6-14-34-59-45(51)18-10-7-15-35-60-46(52)19-11-8-16-36-61-47(53)20-12-9-17-37-62-48(54)38(2)3/h21-32H,2,4-20,33-37H2,1,3H3. The van der Waals surface area contributed by atoms with Crippen molar-refractivity contribution in [1.29, 1.82) is 0 Å². The van der Waals surface area contributed by atoms with Crippen molar-refractivity contribution in [2.24, 2.45) is 0 Å². The Kier molecular flexibility index (Phi) is 25.8. The van der Waals surface area contributed by atoms with Gasteiger partial charge in [-0.1, -0.05) is 6.58 Å². The molecule has 0 amide bonds. The minimum Gasteiger partial charge on any atom is -0.494 e. The lowest BCUT2D eigenvalue weighted by molar-refractivity contribution is -0.145. The molecule has 3 aromatic carbocycles. The van der Waals surface area contributed by atoms with Gasteiger partial charge in [0.2, 0.25) is 0 Å². The molecule has 64 heavy (non-hydrogen) atoms. The van der Waals surface area contributed by atoms with Gasteiger partial charge in [-0.2, -0.15) is 0 Å². The molecular weight excluding hydrogens is 825 g/mol. The summed E-state index contributed by atoms with van der Waals surface area (Å²) in [5, 5.41) is 0. The molecule has 0 aliphatic carbocycles. The number of hydrogen-bond acceptors (Lipinski definition) is 14. The monoisotopic (exact) mass is 888 g/mol. The van der Waals surface area contributed by atoms with E-state index >= 15 is 0 Å². The van der Waals surface area contributed by atoms with Crippen LogP contribution in [0.15, 0.2) is 84.9 Å². The van der Waals surface area contributed by atoms with Gasteiger partial charge in [-0.15, -0.1) is 0 Å². The minimum absolute atomic E-state index is 0.228. The molecule has 0 unspecified atom stereocenters. The second-order valence-corrected chi connectivity index (χ2v) is 15.0. The first-order chi connectivity index (χ1) is 31.0. The van der Waals surface area contributed by atoms with Crippen molar-refractivity contribution in [2.45, 2.75) is 117 Å². The molecule has 14 nitrogen and oxygen atoms in total. The highest BCUT2D eigenvalue weighted by atomic mass is 16.6. The van der Waals surface area contributed by atoms with Crippen LogP contribution in [0.25, 0.3) is 0 Å². The first-order valence-corrected chi connectivity index (χ1v) is 22.3. The van der Waals surface area contributed by atoms with Gasteiger partial charge in [0.25, 0.3) is 0 Å².